The standard InChI is InChI=1S/C14H16N4O3/c15-4-1-5-16-6-8-17(9-7-16)13-3-2-12(11-19)10-14(13)18(20)21/h2-3,10-11H,1,5-9H2. The number of hydrogen-bond acceptors (Lipinski definition) is 6. The van der Waals surface area contributed by atoms with Crippen molar-refractivity contribution in [1.29, 1.82) is 5.26 Å². The average molecular weight is 288 g/mol. The number of carbonyl (C=O) groups excluding carboxylic acids is 1. The number of piperazine rings is 1. The number of anilines is 1. The van der Waals surface area contributed by atoms with Gasteiger partial charge in [-0.25, -0.2) is 0 Å². The first-order valence-electron chi connectivity index (χ1n) is 6.73. The van der Waals surface area contributed by atoms with E-state index in [9.17, 15) is 14.9 Å². The van der Waals surface area contributed by atoms with Gasteiger partial charge in [-0.3, -0.25) is 19.8 Å². The van der Waals surface area contributed by atoms with Gasteiger partial charge in [0.1, 0.15) is 12.0 Å². The Labute approximate surface area is 122 Å². The lowest BCUT2D eigenvalue weighted by Gasteiger charge is -2.35. The van der Waals surface area contributed by atoms with Crippen molar-refractivity contribution >= 4 is 17.7 Å². The van der Waals surface area contributed by atoms with E-state index in [2.05, 4.69) is 11.0 Å². The predicted molar refractivity (Wildman–Crippen MR) is 77.4 cm³/mol. The Hall–Kier alpha value is -2.46. The molecule has 0 amide bonds. The number of rotatable bonds is 5. The van der Waals surface area contributed by atoms with Crippen LogP contribution < -0.4 is 4.90 Å². The Bertz CT molecular complexity index is 574. The number of benzene rings is 1. The number of nitro groups is 1. The molecule has 110 valence electrons. The van der Waals surface area contributed by atoms with Crippen molar-refractivity contribution in [2.45, 2.75) is 6.42 Å². The number of aldehydes is 1. The summed E-state index contributed by atoms with van der Waals surface area (Å²) >= 11 is 0. The topological polar surface area (TPSA) is 90.5 Å². The molecule has 1 aromatic rings. The second kappa shape index (κ2) is 6.81. The summed E-state index contributed by atoms with van der Waals surface area (Å²) in [5.41, 5.74) is 0.814. The number of nitrogens with zero attached hydrogens (tertiary/aromatic N) is 4. The van der Waals surface area contributed by atoms with E-state index < -0.39 is 4.92 Å². The third kappa shape index (κ3) is 3.55. The molecule has 1 heterocycles. The first-order valence-corrected chi connectivity index (χ1v) is 6.73. The van der Waals surface area contributed by atoms with Crippen LogP contribution in [0.3, 0.4) is 0 Å². The second-order valence-electron chi connectivity index (χ2n) is 4.86. The van der Waals surface area contributed by atoms with Crippen molar-refractivity contribution < 1.29 is 9.72 Å². The van der Waals surface area contributed by atoms with Gasteiger partial charge in [0.05, 0.1) is 11.0 Å². The minimum absolute atomic E-state index is 0.0370. The van der Waals surface area contributed by atoms with E-state index in [1.54, 1.807) is 12.1 Å². The molecule has 21 heavy (non-hydrogen) atoms. The maximum atomic E-state index is 11.2. The summed E-state index contributed by atoms with van der Waals surface area (Å²) in [6.45, 7) is 3.62. The van der Waals surface area contributed by atoms with Crippen molar-refractivity contribution in [2.75, 3.05) is 37.6 Å². The quantitative estimate of drug-likeness (QED) is 0.462. The number of carbonyl (C=O) groups is 1. The SMILES string of the molecule is N#CCCN1CCN(c2ccc(C=O)cc2[N+](=O)[O-])CC1. The first kappa shape index (κ1) is 14.9. The zero-order valence-corrected chi connectivity index (χ0v) is 11.6. The van der Waals surface area contributed by atoms with Crippen LogP contribution in [0.1, 0.15) is 16.8 Å². The van der Waals surface area contributed by atoms with E-state index in [1.807, 2.05) is 4.90 Å². The first-order chi connectivity index (χ1) is 10.2. The monoisotopic (exact) mass is 288 g/mol. The highest BCUT2D eigenvalue weighted by molar-refractivity contribution is 5.79. The van der Waals surface area contributed by atoms with Crippen LogP contribution in [0.15, 0.2) is 18.2 Å². The van der Waals surface area contributed by atoms with Crippen LogP contribution in [0.5, 0.6) is 0 Å². The van der Waals surface area contributed by atoms with Gasteiger partial charge in [0, 0.05) is 50.8 Å². The molecule has 0 N–H and O–H groups in total. The van der Waals surface area contributed by atoms with Gasteiger partial charge in [-0.1, -0.05) is 0 Å². The highest BCUT2D eigenvalue weighted by Gasteiger charge is 2.23. The molecule has 0 unspecified atom stereocenters. The second-order valence-corrected chi connectivity index (χ2v) is 4.86. The summed E-state index contributed by atoms with van der Waals surface area (Å²) in [6.07, 6.45) is 1.10. The van der Waals surface area contributed by atoms with Crippen LogP contribution in [0.25, 0.3) is 0 Å². The van der Waals surface area contributed by atoms with E-state index in [0.29, 0.717) is 37.0 Å². The molecule has 0 atom stereocenters. The molecule has 7 heteroatoms. The fourth-order valence-corrected chi connectivity index (χ4v) is 2.45. The maximum Gasteiger partial charge on any atom is 0.293 e. The minimum Gasteiger partial charge on any atom is -0.363 e. The van der Waals surface area contributed by atoms with Gasteiger partial charge < -0.3 is 4.90 Å². The van der Waals surface area contributed by atoms with Crippen molar-refractivity contribution in [1.82, 2.24) is 4.90 Å². The minimum atomic E-state index is -0.454. The molecule has 0 radical (unpaired) electrons. The number of hydrogen-bond donors (Lipinski definition) is 0. The fraction of sp³-hybridized carbons (Fsp3) is 0.429. The molecule has 2 rings (SSSR count). The van der Waals surface area contributed by atoms with E-state index in [-0.39, 0.29) is 5.69 Å². The fourth-order valence-electron chi connectivity index (χ4n) is 2.45. The summed E-state index contributed by atoms with van der Waals surface area (Å²) < 4.78 is 0. The molecular weight excluding hydrogens is 272 g/mol. The summed E-state index contributed by atoms with van der Waals surface area (Å²) in [6, 6.07) is 6.65. The number of nitriles is 1. The van der Waals surface area contributed by atoms with Gasteiger partial charge in [-0.15, -0.1) is 0 Å². The molecule has 1 saturated heterocycles. The largest absolute Gasteiger partial charge is 0.363 e. The summed E-state index contributed by atoms with van der Waals surface area (Å²) in [4.78, 5) is 25.6. The molecule has 0 aromatic heterocycles. The molecule has 1 aliphatic heterocycles. The Balaban J connectivity index is 2.11. The lowest BCUT2D eigenvalue weighted by atomic mass is 10.1. The molecule has 1 fully saturated rings. The Morgan fingerprint density at radius 3 is 2.62 bits per heavy atom. The van der Waals surface area contributed by atoms with E-state index in [1.165, 1.54) is 6.07 Å². The number of nitro benzene ring substituents is 1. The molecule has 0 saturated carbocycles. The Morgan fingerprint density at radius 2 is 2.05 bits per heavy atom. The third-order valence-electron chi connectivity index (χ3n) is 3.59. The van der Waals surface area contributed by atoms with Crippen molar-refractivity contribution in [3.05, 3.63) is 33.9 Å². The Kier molecular flexibility index (Phi) is 4.85. The van der Waals surface area contributed by atoms with Gasteiger partial charge in [0.2, 0.25) is 0 Å². The zero-order chi connectivity index (χ0) is 15.2. The predicted octanol–water partition coefficient (Wildman–Crippen LogP) is 1.44. The summed E-state index contributed by atoms with van der Waals surface area (Å²) in [5.74, 6) is 0. The van der Waals surface area contributed by atoms with Gasteiger partial charge in [-0.2, -0.15) is 5.26 Å². The van der Waals surface area contributed by atoms with E-state index in [4.69, 9.17) is 5.26 Å². The van der Waals surface area contributed by atoms with Crippen LogP contribution in [-0.2, 0) is 0 Å². The van der Waals surface area contributed by atoms with Gasteiger partial charge in [0.25, 0.3) is 5.69 Å². The smallest absolute Gasteiger partial charge is 0.293 e. The van der Waals surface area contributed by atoms with Crippen LogP contribution in [0.4, 0.5) is 11.4 Å². The average Bonchev–Trinajstić information content (AvgIpc) is 2.52. The van der Waals surface area contributed by atoms with Crippen LogP contribution in [0.2, 0.25) is 0 Å². The lowest BCUT2D eigenvalue weighted by molar-refractivity contribution is -0.384. The van der Waals surface area contributed by atoms with E-state index in [0.717, 1.165) is 19.6 Å². The van der Waals surface area contributed by atoms with Crippen LogP contribution >= 0.6 is 0 Å². The van der Waals surface area contributed by atoms with E-state index >= 15 is 0 Å². The molecule has 1 aromatic carbocycles. The third-order valence-corrected chi connectivity index (χ3v) is 3.59. The molecule has 0 aliphatic carbocycles. The molecular formula is C14H16N4O3. The van der Waals surface area contributed by atoms with Crippen LogP contribution in [0, 0.1) is 21.4 Å². The van der Waals surface area contributed by atoms with Crippen molar-refractivity contribution in [3.8, 4) is 6.07 Å². The normalized spacial score (nSPS) is 15.5. The highest BCUT2D eigenvalue weighted by atomic mass is 16.6. The molecule has 0 spiro atoms. The van der Waals surface area contributed by atoms with Crippen molar-refractivity contribution in [2.24, 2.45) is 0 Å². The molecule has 0 bridgehead atoms. The summed E-state index contributed by atoms with van der Waals surface area (Å²) in [5, 5.41) is 19.7. The van der Waals surface area contributed by atoms with Gasteiger partial charge in [0.15, 0.2) is 0 Å². The lowest BCUT2D eigenvalue weighted by Crippen LogP contribution is -2.46. The molecule has 1 aliphatic rings. The zero-order valence-electron chi connectivity index (χ0n) is 11.6. The van der Waals surface area contributed by atoms with Crippen LogP contribution in [-0.4, -0.2) is 48.8 Å². The molecule has 7 nitrogen and oxygen atoms in total. The van der Waals surface area contributed by atoms with Gasteiger partial charge in [-0.05, 0) is 12.1 Å². The van der Waals surface area contributed by atoms with Crippen molar-refractivity contribution in [3.63, 3.8) is 0 Å². The Morgan fingerprint density at radius 1 is 1.33 bits per heavy atom. The van der Waals surface area contributed by atoms with Gasteiger partial charge >= 0.3 is 0 Å². The summed E-state index contributed by atoms with van der Waals surface area (Å²) in [7, 11) is 0. The maximum absolute atomic E-state index is 11.2. The highest BCUT2D eigenvalue weighted by Crippen LogP contribution is 2.29.